The van der Waals surface area contributed by atoms with E-state index in [0.29, 0.717) is 12.1 Å². The molecule has 2 fully saturated rings. The number of carbonyl (C=O) groups excluding carboxylic acids is 1. The van der Waals surface area contributed by atoms with Crippen molar-refractivity contribution < 1.29 is 4.79 Å². The Hall–Kier alpha value is -0.390. The minimum atomic E-state index is 0.0560. The molecule has 2 aliphatic heterocycles. The molecule has 0 saturated carbocycles. The Bertz CT molecular complexity index is 282. The summed E-state index contributed by atoms with van der Waals surface area (Å²) in [6.07, 6.45) is 2.45. The van der Waals surface area contributed by atoms with Gasteiger partial charge in [0, 0.05) is 17.8 Å². The number of nitrogens with zero attached hydrogens (tertiary/aromatic N) is 2. The monoisotopic (exact) mass is 228 g/mol. The van der Waals surface area contributed by atoms with Crippen LogP contribution < -0.4 is 0 Å². The molecule has 0 aromatic carbocycles. The average Bonchev–Trinajstić information content (AvgIpc) is 2.44. The molecule has 2 aliphatic rings. The van der Waals surface area contributed by atoms with Gasteiger partial charge >= 0.3 is 0 Å². The van der Waals surface area contributed by atoms with Crippen molar-refractivity contribution in [1.82, 2.24) is 9.21 Å². The first-order chi connectivity index (χ1) is 6.77. The molecular formula is C9H12N2OS2. The summed E-state index contributed by atoms with van der Waals surface area (Å²) in [5.41, 5.74) is 0. The second-order valence-electron chi connectivity index (χ2n) is 3.46. The number of hydrogen-bond donors (Lipinski definition) is 0. The normalized spacial score (nSPS) is 30.7. The first kappa shape index (κ1) is 10.1. The first-order valence-corrected chi connectivity index (χ1v) is 5.89. The zero-order valence-corrected chi connectivity index (χ0v) is 9.39. The van der Waals surface area contributed by atoms with Crippen molar-refractivity contribution in [2.45, 2.75) is 18.5 Å². The molecule has 0 N–H and O–H groups in total. The van der Waals surface area contributed by atoms with Crippen LogP contribution in [-0.4, -0.2) is 45.0 Å². The van der Waals surface area contributed by atoms with Gasteiger partial charge in [-0.2, -0.15) is 0 Å². The summed E-state index contributed by atoms with van der Waals surface area (Å²) in [5, 5.41) is 0. The molecule has 0 aromatic rings. The van der Waals surface area contributed by atoms with Crippen LogP contribution in [0, 0.1) is 0 Å². The molecule has 5 heteroatoms. The van der Waals surface area contributed by atoms with E-state index in [1.807, 2.05) is 4.90 Å². The Labute approximate surface area is 93.3 Å². The predicted octanol–water partition coefficient (Wildman–Crippen LogP) is 1.06. The molecule has 3 nitrogen and oxygen atoms in total. The van der Waals surface area contributed by atoms with Crippen molar-refractivity contribution in [2.24, 2.45) is 0 Å². The van der Waals surface area contributed by atoms with Crippen molar-refractivity contribution >= 4 is 34.8 Å². The number of hydrogen-bond acceptors (Lipinski definition) is 4. The SMILES string of the molecule is C=CC(=O)N1CC2C1CCN2SC=S. The van der Waals surface area contributed by atoms with Gasteiger partial charge < -0.3 is 4.90 Å². The number of thiocarbonyl (C=S) groups is 1. The summed E-state index contributed by atoms with van der Waals surface area (Å²) >= 11 is 6.39. The van der Waals surface area contributed by atoms with E-state index in [1.165, 1.54) is 6.08 Å². The fraction of sp³-hybridized carbons (Fsp3) is 0.556. The van der Waals surface area contributed by atoms with E-state index in [0.717, 1.165) is 19.5 Å². The summed E-state index contributed by atoms with van der Waals surface area (Å²) in [5.74, 6) is 0.0560. The quantitative estimate of drug-likeness (QED) is 0.409. The molecule has 2 atom stereocenters. The Morgan fingerprint density at radius 1 is 1.57 bits per heavy atom. The highest BCUT2D eigenvalue weighted by Gasteiger charge is 2.48. The van der Waals surface area contributed by atoms with Gasteiger partial charge in [-0.1, -0.05) is 18.8 Å². The van der Waals surface area contributed by atoms with Crippen molar-refractivity contribution in [3.8, 4) is 0 Å². The minimum absolute atomic E-state index is 0.0560. The highest BCUT2D eigenvalue weighted by Crippen LogP contribution is 2.35. The molecular weight excluding hydrogens is 216 g/mol. The number of rotatable bonds is 3. The molecule has 0 aliphatic carbocycles. The molecule has 0 radical (unpaired) electrons. The predicted molar refractivity (Wildman–Crippen MR) is 62.1 cm³/mol. The minimum Gasteiger partial charge on any atom is -0.333 e. The lowest BCUT2D eigenvalue weighted by Crippen LogP contribution is -2.62. The smallest absolute Gasteiger partial charge is 0.246 e. The van der Waals surface area contributed by atoms with Crippen LogP contribution in [-0.2, 0) is 4.79 Å². The summed E-state index contributed by atoms with van der Waals surface area (Å²) in [6.45, 7) is 5.35. The van der Waals surface area contributed by atoms with Gasteiger partial charge in [0.1, 0.15) is 0 Å². The third-order valence-corrected chi connectivity index (χ3v) is 3.95. The molecule has 76 valence electrons. The van der Waals surface area contributed by atoms with Crippen molar-refractivity contribution in [1.29, 1.82) is 0 Å². The average molecular weight is 228 g/mol. The van der Waals surface area contributed by atoms with Gasteiger partial charge in [-0.15, -0.1) is 0 Å². The Morgan fingerprint density at radius 2 is 2.36 bits per heavy atom. The van der Waals surface area contributed by atoms with E-state index in [-0.39, 0.29) is 5.91 Å². The number of fused-ring (bicyclic) bond motifs is 1. The lowest BCUT2D eigenvalue weighted by atomic mass is 9.98. The van der Waals surface area contributed by atoms with Crippen LogP contribution in [0.5, 0.6) is 0 Å². The molecule has 0 bridgehead atoms. The molecule has 14 heavy (non-hydrogen) atoms. The maximum absolute atomic E-state index is 11.4. The summed E-state index contributed by atoms with van der Waals surface area (Å²) < 4.78 is 3.95. The summed E-state index contributed by atoms with van der Waals surface area (Å²) in [4.78, 5) is 13.2. The Kier molecular flexibility index (Phi) is 2.90. The third-order valence-electron chi connectivity index (χ3n) is 2.88. The number of carbonyl (C=O) groups is 1. The lowest BCUT2D eigenvalue weighted by molar-refractivity contribution is -0.135. The van der Waals surface area contributed by atoms with Gasteiger partial charge in [0.25, 0.3) is 0 Å². The fourth-order valence-electron chi connectivity index (χ4n) is 2.14. The lowest BCUT2D eigenvalue weighted by Gasteiger charge is -2.45. The zero-order valence-electron chi connectivity index (χ0n) is 7.76. The number of amides is 1. The fourth-order valence-corrected chi connectivity index (χ4v) is 3.16. The van der Waals surface area contributed by atoms with Gasteiger partial charge in [0.2, 0.25) is 5.91 Å². The summed E-state index contributed by atoms with van der Waals surface area (Å²) in [7, 11) is 0. The number of likely N-dealkylation sites (tertiary alicyclic amines) is 1. The van der Waals surface area contributed by atoms with Crippen LogP contribution in [0.15, 0.2) is 12.7 Å². The highest BCUT2D eigenvalue weighted by molar-refractivity contribution is 8.19. The molecule has 2 saturated heterocycles. The van der Waals surface area contributed by atoms with E-state index in [2.05, 4.69) is 10.9 Å². The van der Waals surface area contributed by atoms with Crippen LogP contribution >= 0.6 is 24.2 Å². The second kappa shape index (κ2) is 4.00. The molecule has 0 aromatic heterocycles. The van der Waals surface area contributed by atoms with Crippen molar-refractivity contribution in [3.05, 3.63) is 12.7 Å². The van der Waals surface area contributed by atoms with Crippen molar-refractivity contribution in [3.63, 3.8) is 0 Å². The van der Waals surface area contributed by atoms with Crippen LogP contribution in [0.25, 0.3) is 0 Å². The van der Waals surface area contributed by atoms with E-state index in [4.69, 9.17) is 12.2 Å². The Balaban J connectivity index is 1.95. The van der Waals surface area contributed by atoms with Gasteiger partial charge in [-0.3, -0.25) is 4.79 Å². The molecule has 2 rings (SSSR count). The first-order valence-electron chi connectivity index (χ1n) is 4.58. The van der Waals surface area contributed by atoms with Crippen LogP contribution in [0.2, 0.25) is 0 Å². The molecule has 2 unspecified atom stereocenters. The van der Waals surface area contributed by atoms with Crippen LogP contribution in [0.1, 0.15) is 6.42 Å². The standard InChI is InChI=1S/C9H12N2OS2/c1-2-9(12)10-5-8-7(10)3-4-11(8)14-6-13/h2,6-8H,1,3-5H2. The van der Waals surface area contributed by atoms with E-state index < -0.39 is 0 Å². The third kappa shape index (κ3) is 1.49. The molecule has 2 heterocycles. The molecule has 1 amide bonds. The van der Waals surface area contributed by atoms with Crippen LogP contribution in [0.3, 0.4) is 0 Å². The van der Waals surface area contributed by atoms with E-state index in [9.17, 15) is 4.79 Å². The van der Waals surface area contributed by atoms with Crippen LogP contribution in [0.4, 0.5) is 0 Å². The van der Waals surface area contributed by atoms with Gasteiger partial charge in [0.15, 0.2) is 0 Å². The van der Waals surface area contributed by atoms with Gasteiger partial charge in [-0.05, 0) is 24.4 Å². The zero-order chi connectivity index (χ0) is 10.1. The van der Waals surface area contributed by atoms with Crippen molar-refractivity contribution in [2.75, 3.05) is 13.1 Å². The maximum Gasteiger partial charge on any atom is 0.246 e. The van der Waals surface area contributed by atoms with E-state index in [1.54, 1.807) is 16.6 Å². The Morgan fingerprint density at radius 3 is 3.00 bits per heavy atom. The van der Waals surface area contributed by atoms with E-state index >= 15 is 0 Å². The highest BCUT2D eigenvalue weighted by atomic mass is 32.2. The maximum atomic E-state index is 11.4. The second-order valence-corrected chi connectivity index (χ2v) is 4.91. The van der Waals surface area contributed by atoms with Gasteiger partial charge in [-0.25, -0.2) is 4.31 Å². The topological polar surface area (TPSA) is 23.6 Å². The van der Waals surface area contributed by atoms with Gasteiger partial charge in [0.05, 0.1) is 12.1 Å². The largest absolute Gasteiger partial charge is 0.333 e. The molecule has 0 spiro atoms. The summed E-state index contributed by atoms with van der Waals surface area (Å²) in [6, 6.07) is 0.894.